The zero-order valence-electron chi connectivity index (χ0n) is 25.1. The molecule has 0 bridgehead atoms. The van der Waals surface area contributed by atoms with Gasteiger partial charge in [-0.2, -0.15) is 0 Å². The summed E-state index contributed by atoms with van der Waals surface area (Å²) in [5, 5.41) is 13.8. The smallest absolute Gasteiger partial charge is 0.120 e. The van der Waals surface area contributed by atoms with Gasteiger partial charge < -0.3 is 24.8 Å². The predicted octanol–water partition coefficient (Wildman–Crippen LogP) is 6.12. The maximum absolute atomic E-state index is 9.90. The van der Waals surface area contributed by atoms with Gasteiger partial charge in [0.1, 0.15) is 23.9 Å². The van der Waals surface area contributed by atoms with E-state index in [1.54, 1.807) is 7.11 Å². The fourth-order valence-corrected chi connectivity index (χ4v) is 6.30. The number of anilines is 1. The molecule has 0 amide bonds. The van der Waals surface area contributed by atoms with Crippen molar-refractivity contribution in [1.29, 1.82) is 0 Å². The second-order valence-corrected chi connectivity index (χ2v) is 11.6. The molecule has 2 atom stereocenters. The minimum absolute atomic E-state index is 0.308. The third-order valence-electron chi connectivity index (χ3n) is 8.96. The summed E-state index contributed by atoms with van der Waals surface area (Å²) in [4.78, 5) is 5.01. The molecule has 3 aromatic carbocycles. The molecule has 1 aliphatic carbocycles. The Morgan fingerprint density at radius 1 is 0.902 bits per heavy atom. The van der Waals surface area contributed by atoms with E-state index in [0.29, 0.717) is 17.7 Å². The first-order chi connectivity index (χ1) is 20.0. The number of aryl methyl sites for hydroxylation is 1. The molecule has 2 N–H and O–H groups in total. The molecular weight excluding hydrogens is 510 g/mol. The number of rotatable bonds is 12. The molecule has 0 spiro atoms. The van der Waals surface area contributed by atoms with Gasteiger partial charge in [0.25, 0.3) is 0 Å². The zero-order valence-corrected chi connectivity index (χ0v) is 25.1. The monoisotopic (exact) mass is 557 g/mol. The van der Waals surface area contributed by atoms with Gasteiger partial charge in [0, 0.05) is 50.5 Å². The van der Waals surface area contributed by atoms with E-state index in [-0.39, 0.29) is 0 Å². The van der Waals surface area contributed by atoms with Gasteiger partial charge in [-0.1, -0.05) is 38.1 Å². The van der Waals surface area contributed by atoms with Crippen LogP contribution in [0.4, 0.5) is 5.69 Å². The lowest BCUT2D eigenvalue weighted by Gasteiger charge is -2.33. The van der Waals surface area contributed by atoms with Crippen LogP contribution in [0.1, 0.15) is 54.9 Å². The maximum Gasteiger partial charge on any atom is 0.120 e. The van der Waals surface area contributed by atoms with Crippen molar-refractivity contribution >= 4 is 5.69 Å². The van der Waals surface area contributed by atoms with Crippen LogP contribution < -0.4 is 14.8 Å². The summed E-state index contributed by atoms with van der Waals surface area (Å²) < 4.78 is 11.7. The Kier molecular flexibility index (Phi) is 10.1. The standard InChI is InChI=1S/C35H47N3O3/c1-4-30(22-26-6-12-32(13-7-26)41-21-20-38-18-16-37(5-2)17-19-38)36-35-25-33(40-3)14-15-34(35)29-9-8-28-24-31(39)11-10-27(28)23-29/h6-7,10-15,24-25,29-30,36,39H,4-5,8-9,16-23H2,1-3H3. The third kappa shape index (κ3) is 7.75. The van der Waals surface area contributed by atoms with Crippen LogP contribution in [-0.2, 0) is 19.3 Å². The molecule has 0 aromatic heterocycles. The first kappa shape index (κ1) is 29.3. The molecule has 2 unspecified atom stereocenters. The van der Waals surface area contributed by atoms with Gasteiger partial charge in [-0.3, -0.25) is 4.90 Å². The van der Waals surface area contributed by atoms with Crippen molar-refractivity contribution in [3.8, 4) is 17.2 Å². The number of benzene rings is 3. The summed E-state index contributed by atoms with van der Waals surface area (Å²) in [7, 11) is 1.73. The Balaban J connectivity index is 1.18. The molecule has 6 heteroatoms. The van der Waals surface area contributed by atoms with Crippen molar-refractivity contribution in [3.63, 3.8) is 0 Å². The number of aromatic hydroxyl groups is 1. The molecule has 220 valence electrons. The fraction of sp³-hybridized carbons (Fsp3) is 0.486. The molecule has 3 aromatic rings. The Labute approximate surface area is 246 Å². The van der Waals surface area contributed by atoms with Gasteiger partial charge in [0.2, 0.25) is 0 Å². The summed E-state index contributed by atoms with van der Waals surface area (Å²) in [6, 6.07) is 21.3. The van der Waals surface area contributed by atoms with E-state index in [1.165, 1.54) is 27.9 Å². The molecule has 41 heavy (non-hydrogen) atoms. The number of phenolic OH excluding ortho intramolecular Hbond substituents is 1. The summed E-state index contributed by atoms with van der Waals surface area (Å²) in [6.07, 6.45) is 5.02. The van der Waals surface area contributed by atoms with E-state index >= 15 is 0 Å². The molecule has 0 radical (unpaired) electrons. The lowest BCUT2D eigenvalue weighted by Crippen LogP contribution is -2.47. The van der Waals surface area contributed by atoms with Crippen LogP contribution in [0.15, 0.2) is 60.7 Å². The van der Waals surface area contributed by atoms with Gasteiger partial charge in [-0.25, -0.2) is 0 Å². The Morgan fingerprint density at radius 3 is 2.39 bits per heavy atom. The van der Waals surface area contributed by atoms with Gasteiger partial charge in [-0.15, -0.1) is 0 Å². The van der Waals surface area contributed by atoms with Crippen LogP contribution in [0.3, 0.4) is 0 Å². The van der Waals surface area contributed by atoms with E-state index in [2.05, 4.69) is 77.5 Å². The number of likely N-dealkylation sites (N-methyl/N-ethyl adjacent to an activating group) is 1. The Bertz CT molecular complexity index is 1250. The van der Waals surface area contributed by atoms with E-state index < -0.39 is 0 Å². The summed E-state index contributed by atoms with van der Waals surface area (Å²) in [5.74, 6) is 2.62. The normalized spacial score (nSPS) is 18.5. The SMILES string of the molecule is CCC(Cc1ccc(OCCN2CCN(CC)CC2)cc1)Nc1cc(OC)ccc1C1CCc2cc(O)ccc2C1. The number of hydrogen-bond donors (Lipinski definition) is 2. The minimum Gasteiger partial charge on any atom is -0.508 e. The lowest BCUT2D eigenvalue weighted by molar-refractivity contribution is 0.121. The molecule has 5 rings (SSSR count). The van der Waals surface area contributed by atoms with Crippen LogP contribution in [-0.4, -0.2) is 73.9 Å². The number of phenols is 1. The quantitative estimate of drug-likeness (QED) is 0.280. The number of ether oxygens (including phenoxy) is 2. The van der Waals surface area contributed by atoms with E-state index in [4.69, 9.17) is 9.47 Å². The largest absolute Gasteiger partial charge is 0.508 e. The molecule has 1 aliphatic heterocycles. The molecule has 0 saturated carbocycles. The topological polar surface area (TPSA) is 57.2 Å². The van der Waals surface area contributed by atoms with Gasteiger partial charge in [0.05, 0.1) is 7.11 Å². The van der Waals surface area contributed by atoms with Gasteiger partial charge in [-0.05, 0) is 97.2 Å². The number of methoxy groups -OCH3 is 1. The van der Waals surface area contributed by atoms with Crippen LogP contribution in [0.5, 0.6) is 17.2 Å². The summed E-state index contributed by atoms with van der Waals surface area (Å²) in [5.41, 5.74) is 6.45. The highest BCUT2D eigenvalue weighted by Gasteiger charge is 2.24. The maximum atomic E-state index is 9.90. The van der Waals surface area contributed by atoms with Crippen LogP contribution in [0, 0.1) is 0 Å². The van der Waals surface area contributed by atoms with E-state index in [9.17, 15) is 5.11 Å². The first-order valence-electron chi connectivity index (χ1n) is 15.5. The van der Waals surface area contributed by atoms with Crippen molar-refractivity contribution in [2.45, 2.75) is 57.9 Å². The second kappa shape index (κ2) is 14.1. The number of hydrogen-bond acceptors (Lipinski definition) is 6. The van der Waals surface area contributed by atoms with Crippen molar-refractivity contribution in [1.82, 2.24) is 9.80 Å². The second-order valence-electron chi connectivity index (χ2n) is 11.6. The Hall–Kier alpha value is -3.22. The third-order valence-corrected chi connectivity index (χ3v) is 8.96. The van der Waals surface area contributed by atoms with Crippen LogP contribution in [0.2, 0.25) is 0 Å². The van der Waals surface area contributed by atoms with Crippen molar-refractivity contribution in [2.75, 3.05) is 58.3 Å². The van der Waals surface area contributed by atoms with Gasteiger partial charge in [0.15, 0.2) is 0 Å². The summed E-state index contributed by atoms with van der Waals surface area (Å²) in [6.45, 7) is 11.9. The van der Waals surface area contributed by atoms with Crippen LogP contribution >= 0.6 is 0 Å². The Morgan fingerprint density at radius 2 is 1.66 bits per heavy atom. The van der Waals surface area contributed by atoms with Crippen molar-refractivity contribution in [2.24, 2.45) is 0 Å². The highest BCUT2D eigenvalue weighted by atomic mass is 16.5. The molecule has 1 fully saturated rings. The van der Waals surface area contributed by atoms with Crippen LogP contribution in [0.25, 0.3) is 0 Å². The van der Waals surface area contributed by atoms with E-state index in [1.807, 2.05) is 12.1 Å². The van der Waals surface area contributed by atoms with Crippen molar-refractivity contribution in [3.05, 3.63) is 82.9 Å². The molecule has 6 nitrogen and oxygen atoms in total. The first-order valence-corrected chi connectivity index (χ1v) is 15.5. The molecule has 1 heterocycles. The zero-order chi connectivity index (χ0) is 28.6. The average Bonchev–Trinajstić information content (AvgIpc) is 3.01. The lowest BCUT2D eigenvalue weighted by atomic mass is 9.79. The number of piperazine rings is 1. The predicted molar refractivity (Wildman–Crippen MR) is 168 cm³/mol. The highest BCUT2D eigenvalue weighted by molar-refractivity contribution is 5.58. The molecular formula is C35H47N3O3. The number of nitrogens with zero attached hydrogens (tertiary/aromatic N) is 2. The fourth-order valence-electron chi connectivity index (χ4n) is 6.30. The van der Waals surface area contributed by atoms with E-state index in [0.717, 1.165) is 89.5 Å². The van der Waals surface area contributed by atoms with Crippen molar-refractivity contribution < 1.29 is 14.6 Å². The number of nitrogens with one attached hydrogen (secondary N) is 1. The molecule has 2 aliphatic rings. The number of fused-ring (bicyclic) bond motifs is 1. The summed E-state index contributed by atoms with van der Waals surface area (Å²) >= 11 is 0. The highest BCUT2D eigenvalue weighted by Crippen LogP contribution is 2.39. The minimum atomic E-state index is 0.308. The average molecular weight is 558 g/mol. The van der Waals surface area contributed by atoms with Gasteiger partial charge >= 0.3 is 0 Å². The molecule has 1 saturated heterocycles.